The molecule has 0 radical (unpaired) electrons. The fourth-order valence-corrected chi connectivity index (χ4v) is 4.38. The molecular formula is C25H20ClF2N9O3. The van der Waals surface area contributed by atoms with E-state index in [2.05, 4.69) is 25.6 Å². The summed E-state index contributed by atoms with van der Waals surface area (Å²) in [5, 5.41) is 28.7. The summed E-state index contributed by atoms with van der Waals surface area (Å²) < 4.78 is 37.0. The van der Waals surface area contributed by atoms with Gasteiger partial charge in [0.2, 0.25) is 11.6 Å². The summed E-state index contributed by atoms with van der Waals surface area (Å²) in [7, 11) is 2.74. The van der Waals surface area contributed by atoms with Gasteiger partial charge >= 0.3 is 6.09 Å². The highest BCUT2D eigenvalue weighted by atomic mass is 35.5. The second-order valence-corrected chi connectivity index (χ2v) is 9.03. The Balaban J connectivity index is 1.58. The number of carbonyl (C=O) groups excluding carboxylic acids is 1. The summed E-state index contributed by atoms with van der Waals surface area (Å²) in [6, 6.07) is 7.99. The van der Waals surface area contributed by atoms with Crippen molar-refractivity contribution in [1.82, 2.24) is 39.9 Å². The van der Waals surface area contributed by atoms with Crippen molar-refractivity contribution in [2.45, 2.75) is 6.04 Å². The number of rotatable bonds is 7. The molecule has 12 nitrogen and oxygen atoms in total. The van der Waals surface area contributed by atoms with Gasteiger partial charge < -0.3 is 14.8 Å². The molecule has 40 heavy (non-hydrogen) atoms. The molecular weight excluding hydrogens is 548 g/mol. The van der Waals surface area contributed by atoms with E-state index in [-0.39, 0.29) is 34.1 Å². The quantitative estimate of drug-likeness (QED) is 0.166. The first-order valence-corrected chi connectivity index (χ1v) is 12.0. The number of methoxy groups -OCH3 is 1. The third-order valence-corrected chi connectivity index (χ3v) is 6.45. The van der Waals surface area contributed by atoms with Crippen molar-refractivity contribution in [3.8, 4) is 27.9 Å². The molecule has 0 aliphatic carbocycles. The molecule has 4 aromatic heterocycles. The van der Waals surface area contributed by atoms with Crippen LogP contribution in [0.1, 0.15) is 11.7 Å². The largest absolute Gasteiger partial charge is 0.618 e. The van der Waals surface area contributed by atoms with Crippen LogP contribution in [0.3, 0.4) is 0 Å². The van der Waals surface area contributed by atoms with Crippen LogP contribution >= 0.6 is 11.6 Å². The number of hydrogen-bond acceptors (Lipinski definition) is 8. The van der Waals surface area contributed by atoms with Crippen LogP contribution in [0.2, 0.25) is 5.02 Å². The van der Waals surface area contributed by atoms with Crippen LogP contribution in [-0.4, -0.2) is 66.7 Å². The van der Waals surface area contributed by atoms with Crippen molar-refractivity contribution < 1.29 is 23.0 Å². The molecule has 0 saturated heterocycles. The summed E-state index contributed by atoms with van der Waals surface area (Å²) in [4.78, 5) is 17.0. The summed E-state index contributed by atoms with van der Waals surface area (Å²) in [5.74, 6) is -1.42. The van der Waals surface area contributed by atoms with Gasteiger partial charge in [-0.15, -0.1) is 5.10 Å². The van der Waals surface area contributed by atoms with Crippen molar-refractivity contribution in [2.75, 3.05) is 20.7 Å². The predicted octanol–water partition coefficient (Wildman–Crippen LogP) is 3.44. The second-order valence-electron chi connectivity index (χ2n) is 8.62. The standard InChI is InChI=1S/C25H20ClF2N9O3/c1-34(25(38)40-2)13-21(35-11-17(10-31-35)15-7-8-29-22(27)9-15)19-5-3-16(12-37(19)39)23-20(36-14-30-32-33-36)6-4-18(26)24(23)28/h3-12,14,21H,13H2,1-2H3/t21-/m0/s1. The highest BCUT2D eigenvalue weighted by Crippen LogP contribution is 2.33. The minimum Gasteiger partial charge on any atom is -0.618 e. The number of carbonyl (C=O) groups is 1. The maximum absolute atomic E-state index is 15.3. The smallest absolute Gasteiger partial charge is 0.409 e. The van der Waals surface area contributed by atoms with Crippen molar-refractivity contribution in [3.05, 3.63) is 95.2 Å². The molecule has 0 bridgehead atoms. The number of amides is 1. The number of nitrogens with zero attached hydrogens (tertiary/aromatic N) is 9. The van der Waals surface area contributed by atoms with E-state index < -0.39 is 23.9 Å². The molecule has 15 heteroatoms. The molecule has 0 N–H and O–H groups in total. The van der Waals surface area contributed by atoms with Crippen molar-refractivity contribution in [3.63, 3.8) is 0 Å². The lowest BCUT2D eigenvalue weighted by atomic mass is 10.0. The Hall–Kier alpha value is -4.98. The van der Waals surface area contributed by atoms with E-state index in [1.807, 2.05) is 0 Å². The van der Waals surface area contributed by atoms with E-state index in [9.17, 15) is 14.4 Å². The minimum absolute atomic E-state index is 0.0124. The third kappa shape index (κ3) is 5.16. The van der Waals surface area contributed by atoms with E-state index >= 15 is 4.39 Å². The van der Waals surface area contributed by atoms with Gasteiger partial charge in [0.05, 0.1) is 41.7 Å². The van der Waals surface area contributed by atoms with Gasteiger partial charge in [-0.25, -0.2) is 14.2 Å². The van der Waals surface area contributed by atoms with Gasteiger partial charge in [-0.3, -0.25) is 4.68 Å². The number of pyridine rings is 2. The average molecular weight is 568 g/mol. The summed E-state index contributed by atoms with van der Waals surface area (Å²) >= 11 is 6.05. The highest BCUT2D eigenvalue weighted by Gasteiger charge is 2.28. The lowest BCUT2D eigenvalue weighted by Gasteiger charge is -2.23. The molecule has 4 heterocycles. The molecule has 5 aromatic rings. The van der Waals surface area contributed by atoms with Crippen LogP contribution < -0.4 is 4.73 Å². The normalized spacial score (nSPS) is 11.8. The number of halogens is 3. The van der Waals surface area contributed by atoms with Gasteiger partial charge in [0.15, 0.2) is 18.1 Å². The molecule has 0 aliphatic rings. The molecule has 0 aliphatic heterocycles. The second kappa shape index (κ2) is 11.0. The highest BCUT2D eigenvalue weighted by molar-refractivity contribution is 6.31. The van der Waals surface area contributed by atoms with Crippen LogP contribution in [0.25, 0.3) is 27.9 Å². The fraction of sp³-hybridized carbons (Fsp3) is 0.160. The minimum atomic E-state index is -0.806. The van der Waals surface area contributed by atoms with E-state index in [1.165, 1.54) is 77.6 Å². The van der Waals surface area contributed by atoms with Crippen molar-refractivity contribution in [1.29, 1.82) is 0 Å². The Labute approximate surface area is 230 Å². The van der Waals surface area contributed by atoms with Gasteiger partial charge in [-0.05, 0) is 40.3 Å². The molecule has 0 spiro atoms. The monoisotopic (exact) mass is 567 g/mol. The number of tetrazole rings is 1. The number of likely N-dealkylation sites (N-methyl/N-ethyl adjacent to an activating group) is 1. The van der Waals surface area contributed by atoms with E-state index in [1.54, 1.807) is 18.3 Å². The first-order valence-electron chi connectivity index (χ1n) is 11.7. The van der Waals surface area contributed by atoms with Crippen LogP contribution in [0, 0.1) is 17.0 Å². The first kappa shape index (κ1) is 26.6. The Morgan fingerprint density at radius 3 is 2.73 bits per heavy atom. The number of benzene rings is 1. The Morgan fingerprint density at radius 1 is 1.20 bits per heavy atom. The average Bonchev–Trinajstić information content (AvgIpc) is 3.66. The van der Waals surface area contributed by atoms with Gasteiger partial charge in [0.1, 0.15) is 6.33 Å². The Morgan fingerprint density at radius 2 is 2.02 bits per heavy atom. The molecule has 1 atom stereocenters. The summed E-state index contributed by atoms with van der Waals surface area (Å²) in [6.07, 6.45) is 6.29. The molecule has 0 unspecified atom stereocenters. The molecule has 0 saturated carbocycles. The van der Waals surface area contributed by atoms with Gasteiger partial charge in [-0.2, -0.15) is 18.9 Å². The molecule has 204 valence electrons. The zero-order chi connectivity index (χ0) is 28.4. The molecule has 1 amide bonds. The van der Waals surface area contributed by atoms with Gasteiger partial charge in [0, 0.05) is 37.1 Å². The van der Waals surface area contributed by atoms with Crippen molar-refractivity contribution >= 4 is 17.7 Å². The lowest BCUT2D eigenvalue weighted by molar-refractivity contribution is -0.615. The van der Waals surface area contributed by atoms with E-state index in [0.29, 0.717) is 15.9 Å². The van der Waals surface area contributed by atoms with E-state index in [0.717, 1.165) is 0 Å². The van der Waals surface area contributed by atoms with Gasteiger partial charge in [0.25, 0.3) is 0 Å². The Kier molecular flexibility index (Phi) is 7.33. The number of ether oxygens (including phenoxy) is 1. The SMILES string of the molecule is COC(=O)N(C)C[C@@H](c1ccc(-c2c(-n3cnnn3)ccc(Cl)c2F)c[n+]1[O-])n1cc(-c2ccnc(F)c2)cn1. The van der Waals surface area contributed by atoms with Crippen LogP contribution in [0.15, 0.2) is 67.5 Å². The predicted molar refractivity (Wildman–Crippen MR) is 137 cm³/mol. The Bertz CT molecular complexity index is 1680. The summed E-state index contributed by atoms with van der Waals surface area (Å²) in [6.45, 7) is -0.0124. The topological polar surface area (TPSA) is 131 Å². The van der Waals surface area contributed by atoms with Gasteiger partial charge in [-0.1, -0.05) is 11.6 Å². The fourth-order valence-electron chi connectivity index (χ4n) is 4.22. The van der Waals surface area contributed by atoms with Crippen molar-refractivity contribution in [2.24, 2.45) is 0 Å². The zero-order valence-corrected chi connectivity index (χ0v) is 21.8. The number of hydrogen-bond donors (Lipinski definition) is 0. The van der Waals surface area contributed by atoms with Crippen LogP contribution in [0.4, 0.5) is 13.6 Å². The molecule has 0 fully saturated rings. The zero-order valence-electron chi connectivity index (χ0n) is 21.0. The third-order valence-electron chi connectivity index (χ3n) is 6.16. The molecule has 1 aromatic carbocycles. The van der Waals surface area contributed by atoms with Crippen LogP contribution in [0.5, 0.6) is 0 Å². The van der Waals surface area contributed by atoms with Crippen LogP contribution in [-0.2, 0) is 4.74 Å². The van der Waals surface area contributed by atoms with E-state index in [4.69, 9.17) is 16.3 Å². The molecule has 5 rings (SSSR count). The summed E-state index contributed by atoms with van der Waals surface area (Å²) in [5.41, 5.74) is 1.76. The lowest BCUT2D eigenvalue weighted by Crippen LogP contribution is -2.41. The maximum atomic E-state index is 15.3. The maximum Gasteiger partial charge on any atom is 0.409 e. The number of aromatic nitrogens is 8. The first-order chi connectivity index (χ1) is 19.3.